The fourth-order valence-electron chi connectivity index (χ4n) is 3.13. The summed E-state index contributed by atoms with van der Waals surface area (Å²) in [7, 11) is 1.52. The van der Waals surface area contributed by atoms with Crippen LogP contribution >= 0.6 is 0 Å². The Bertz CT molecular complexity index is 580. The van der Waals surface area contributed by atoms with Crippen molar-refractivity contribution in [1.29, 1.82) is 0 Å². The number of hydrogen-bond acceptors (Lipinski definition) is 7. The standard InChI is InChI=1S/C22H34O7/c1-4-6-13-26-19-18(23)17(15-28-21(24)16-11-9-8-10-12-16)29-22(25-3)20(19)27-14-7-5-2/h8-12,17-20,22-23H,4-7,13-15H2,1-3H3/t17?,18-,19?,20+,22+/m1/s1. The Kier molecular flexibility index (Phi) is 10.6. The normalized spacial score (nSPS) is 27.0. The Morgan fingerprint density at radius 1 is 1.03 bits per heavy atom. The van der Waals surface area contributed by atoms with Crippen LogP contribution in [0, 0.1) is 0 Å². The number of unbranched alkanes of at least 4 members (excludes halogenated alkanes) is 2. The molecule has 0 bridgehead atoms. The lowest BCUT2D eigenvalue weighted by molar-refractivity contribution is -0.310. The van der Waals surface area contributed by atoms with Crippen molar-refractivity contribution < 1.29 is 33.6 Å². The third-order valence-electron chi connectivity index (χ3n) is 4.86. The highest BCUT2D eigenvalue weighted by molar-refractivity contribution is 5.89. The van der Waals surface area contributed by atoms with E-state index in [0.29, 0.717) is 18.8 Å². The van der Waals surface area contributed by atoms with E-state index in [1.165, 1.54) is 7.11 Å². The van der Waals surface area contributed by atoms with Crippen molar-refractivity contribution in [2.45, 2.75) is 70.2 Å². The lowest BCUT2D eigenvalue weighted by Gasteiger charge is -2.43. The average Bonchev–Trinajstić information content (AvgIpc) is 2.75. The maximum absolute atomic E-state index is 12.2. The first-order valence-electron chi connectivity index (χ1n) is 10.4. The molecule has 29 heavy (non-hydrogen) atoms. The molecule has 0 radical (unpaired) electrons. The molecule has 1 saturated heterocycles. The van der Waals surface area contributed by atoms with E-state index in [1.54, 1.807) is 24.3 Å². The molecule has 7 nitrogen and oxygen atoms in total. The molecule has 0 aliphatic carbocycles. The van der Waals surface area contributed by atoms with E-state index in [2.05, 4.69) is 13.8 Å². The molecule has 164 valence electrons. The Morgan fingerprint density at radius 3 is 2.24 bits per heavy atom. The molecule has 1 aromatic carbocycles. The largest absolute Gasteiger partial charge is 0.459 e. The molecular weight excluding hydrogens is 376 g/mol. The first kappa shape index (κ1) is 23.8. The number of ether oxygens (including phenoxy) is 5. The van der Waals surface area contributed by atoms with Gasteiger partial charge in [0.25, 0.3) is 0 Å². The number of aliphatic hydroxyl groups is 1. The van der Waals surface area contributed by atoms with Crippen molar-refractivity contribution in [3.8, 4) is 0 Å². The third-order valence-corrected chi connectivity index (χ3v) is 4.86. The Labute approximate surface area is 173 Å². The predicted octanol–water partition coefficient (Wildman–Crippen LogP) is 2.95. The SMILES string of the molecule is CCCCOC1[C@H](O)C(COC(=O)c2ccccc2)O[C@H](OC)[C@H]1OCCCC. The summed E-state index contributed by atoms with van der Waals surface area (Å²) in [5, 5.41) is 10.9. The highest BCUT2D eigenvalue weighted by Crippen LogP contribution is 2.27. The monoisotopic (exact) mass is 410 g/mol. The number of carbonyl (C=O) groups is 1. The zero-order valence-electron chi connectivity index (χ0n) is 17.6. The highest BCUT2D eigenvalue weighted by atomic mass is 16.7. The maximum Gasteiger partial charge on any atom is 0.338 e. The number of methoxy groups -OCH3 is 1. The van der Waals surface area contributed by atoms with Gasteiger partial charge in [-0.1, -0.05) is 44.9 Å². The van der Waals surface area contributed by atoms with Gasteiger partial charge in [0.15, 0.2) is 6.29 Å². The van der Waals surface area contributed by atoms with E-state index in [4.69, 9.17) is 23.7 Å². The van der Waals surface area contributed by atoms with E-state index in [0.717, 1.165) is 25.7 Å². The van der Waals surface area contributed by atoms with Gasteiger partial charge < -0.3 is 28.8 Å². The van der Waals surface area contributed by atoms with Crippen LogP contribution in [0.5, 0.6) is 0 Å². The smallest absolute Gasteiger partial charge is 0.338 e. The van der Waals surface area contributed by atoms with Crippen molar-refractivity contribution in [2.24, 2.45) is 0 Å². The second kappa shape index (κ2) is 12.9. The topological polar surface area (TPSA) is 83.5 Å². The van der Waals surface area contributed by atoms with Gasteiger partial charge in [-0.15, -0.1) is 0 Å². The summed E-state index contributed by atoms with van der Waals surface area (Å²) in [6.45, 7) is 5.07. The summed E-state index contributed by atoms with van der Waals surface area (Å²) in [6.07, 6.45) is 0.0533. The predicted molar refractivity (Wildman–Crippen MR) is 108 cm³/mol. The molecule has 5 atom stereocenters. The van der Waals surface area contributed by atoms with E-state index in [-0.39, 0.29) is 6.61 Å². The summed E-state index contributed by atoms with van der Waals surface area (Å²) < 4.78 is 28.6. The molecule has 1 N–H and O–H groups in total. The number of rotatable bonds is 12. The number of hydrogen-bond donors (Lipinski definition) is 1. The summed E-state index contributed by atoms with van der Waals surface area (Å²) in [5.74, 6) is -0.472. The molecule has 1 aliphatic heterocycles. The van der Waals surface area contributed by atoms with Crippen molar-refractivity contribution in [1.82, 2.24) is 0 Å². The molecule has 0 amide bonds. The van der Waals surface area contributed by atoms with Gasteiger partial charge in [0.05, 0.1) is 5.56 Å². The zero-order chi connectivity index (χ0) is 21.1. The Balaban J connectivity index is 2.03. The van der Waals surface area contributed by atoms with Gasteiger partial charge in [0.2, 0.25) is 0 Å². The molecule has 2 unspecified atom stereocenters. The quantitative estimate of drug-likeness (QED) is 0.419. The lowest BCUT2D eigenvalue weighted by Crippen LogP contribution is -2.61. The van der Waals surface area contributed by atoms with Gasteiger partial charge in [-0.25, -0.2) is 4.79 Å². The molecule has 1 aromatic rings. The van der Waals surface area contributed by atoms with E-state index < -0.39 is 36.7 Å². The van der Waals surface area contributed by atoms with Gasteiger partial charge in [0, 0.05) is 20.3 Å². The van der Waals surface area contributed by atoms with E-state index in [9.17, 15) is 9.90 Å². The molecule has 1 heterocycles. The third kappa shape index (κ3) is 7.04. The van der Waals surface area contributed by atoms with Gasteiger partial charge in [-0.3, -0.25) is 0 Å². The first-order valence-corrected chi connectivity index (χ1v) is 10.4. The van der Waals surface area contributed by atoms with Crippen LogP contribution in [-0.4, -0.2) is 68.7 Å². The lowest BCUT2D eigenvalue weighted by atomic mass is 9.98. The number of carbonyl (C=O) groups excluding carboxylic acids is 1. The van der Waals surface area contributed by atoms with Crippen LogP contribution in [0.25, 0.3) is 0 Å². The molecule has 1 fully saturated rings. The van der Waals surface area contributed by atoms with Crippen molar-refractivity contribution >= 4 is 5.97 Å². The summed E-state index contributed by atoms with van der Waals surface area (Å²) in [5.41, 5.74) is 0.442. The molecule has 2 rings (SSSR count). The number of esters is 1. The van der Waals surface area contributed by atoms with Gasteiger partial charge >= 0.3 is 5.97 Å². The van der Waals surface area contributed by atoms with Crippen LogP contribution in [0.15, 0.2) is 30.3 Å². The fraction of sp³-hybridized carbons (Fsp3) is 0.682. The molecule has 0 spiro atoms. The fourth-order valence-corrected chi connectivity index (χ4v) is 3.13. The minimum atomic E-state index is -1.01. The summed E-state index contributed by atoms with van der Waals surface area (Å²) >= 11 is 0. The van der Waals surface area contributed by atoms with Crippen molar-refractivity contribution in [3.05, 3.63) is 35.9 Å². The van der Waals surface area contributed by atoms with Crippen LogP contribution in [0.2, 0.25) is 0 Å². The van der Waals surface area contributed by atoms with Gasteiger partial charge in [-0.2, -0.15) is 0 Å². The van der Waals surface area contributed by atoms with E-state index in [1.807, 2.05) is 6.07 Å². The molecular formula is C22H34O7. The number of benzene rings is 1. The summed E-state index contributed by atoms with van der Waals surface area (Å²) in [6, 6.07) is 8.70. The Morgan fingerprint density at radius 2 is 1.66 bits per heavy atom. The highest BCUT2D eigenvalue weighted by Gasteiger charge is 2.47. The summed E-state index contributed by atoms with van der Waals surface area (Å²) in [4.78, 5) is 12.2. The van der Waals surface area contributed by atoms with Crippen LogP contribution in [0.4, 0.5) is 0 Å². The molecule has 7 heteroatoms. The minimum absolute atomic E-state index is 0.107. The van der Waals surface area contributed by atoms with Gasteiger partial charge in [0.1, 0.15) is 31.0 Å². The molecule has 1 aliphatic rings. The maximum atomic E-state index is 12.2. The van der Waals surface area contributed by atoms with Crippen LogP contribution in [-0.2, 0) is 23.7 Å². The second-order valence-corrected chi connectivity index (χ2v) is 7.11. The molecule has 0 aromatic heterocycles. The minimum Gasteiger partial charge on any atom is -0.459 e. The number of aliphatic hydroxyl groups excluding tert-OH is 1. The van der Waals surface area contributed by atoms with Crippen LogP contribution in [0.3, 0.4) is 0 Å². The molecule has 0 saturated carbocycles. The van der Waals surface area contributed by atoms with Crippen LogP contribution < -0.4 is 0 Å². The first-order chi connectivity index (χ1) is 14.1. The Hall–Kier alpha value is -1.51. The van der Waals surface area contributed by atoms with E-state index >= 15 is 0 Å². The average molecular weight is 411 g/mol. The van der Waals surface area contributed by atoms with Gasteiger partial charge in [-0.05, 0) is 25.0 Å². The van der Waals surface area contributed by atoms with Crippen molar-refractivity contribution in [3.63, 3.8) is 0 Å². The second-order valence-electron chi connectivity index (χ2n) is 7.11. The zero-order valence-corrected chi connectivity index (χ0v) is 17.6. The van der Waals surface area contributed by atoms with Crippen molar-refractivity contribution in [2.75, 3.05) is 26.9 Å². The van der Waals surface area contributed by atoms with Crippen LogP contribution in [0.1, 0.15) is 49.9 Å².